The normalized spacial score (nSPS) is 17.1. The van der Waals surface area contributed by atoms with Gasteiger partial charge in [0.15, 0.2) is 0 Å². The highest BCUT2D eigenvalue weighted by Gasteiger charge is 2.24. The highest BCUT2D eigenvalue weighted by Crippen LogP contribution is 2.33. The van der Waals surface area contributed by atoms with Gasteiger partial charge in [0, 0.05) is 10.2 Å². The first-order valence-electron chi connectivity index (χ1n) is 6.99. The molecule has 3 rings (SSSR count). The van der Waals surface area contributed by atoms with Crippen molar-refractivity contribution in [3.63, 3.8) is 0 Å². The second kappa shape index (κ2) is 5.90. The minimum Gasteiger partial charge on any atom is -0.454 e. The molecule has 0 radical (unpaired) electrons. The Labute approximate surface area is 132 Å². The first-order chi connectivity index (χ1) is 10.1. The van der Waals surface area contributed by atoms with Gasteiger partial charge in [-0.05, 0) is 64.5 Å². The molecule has 0 saturated heterocycles. The number of ether oxygens (including phenoxy) is 1. The summed E-state index contributed by atoms with van der Waals surface area (Å²) in [6.45, 7) is 0. The average molecular weight is 346 g/mol. The molecule has 0 fully saturated rings. The quantitative estimate of drug-likeness (QED) is 0.653. The van der Waals surface area contributed by atoms with Gasteiger partial charge in [-0.25, -0.2) is 4.79 Å². The van der Waals surface area contributed by atoms with Crippen molar-refractivity contribution in [2.45, 2.75) is 25.4 Å². The van der Waals surface area contributed by atoms with Gasteiger partial charge in [0.05, 0.1) is 5.56 Å². The van der Waals surface area contributed by atoms with Gasteiger partial charge in [0.2, 0.25) is 0 Å². The number of anilines is 1. The molecule has 21 heavy (non-hydrogen) atoms. The van der Waals surface area contributed by atoms with Crippen LogP contribution in [0.4, 0.5) is 5.69 Å². The zero-order chi connectivity index (χ0) is 14.8. The van der Waals surface area contributed by atoms with E-state index in [-0.39, 0.29) is 12.1 Å². The Bertz CT molecular complexity index is 684. The van der Waals surface area contributed by atoms with Crippen molar-refractivity contribution in [3.8, 4) is 0 Å². The van der Waals surface area contributed by atoms with Gasteiger partial charge < -0.3 is 10.5 Å². The first kappa shape index (κ1) is 14.1. The third kappa shape index (κ3) is 2.95. The molecule has 3 nitrogen and oxygen atoms in total. The van der Waals surface area contributed by atoms with Crippen molar-refractivity contribution in [2.24, 2.45) is 0 Å². The molecule has 1 aliphatic rings. The van der Waals surface area contributed by atoms with E-state index < -0.39 is 0 Å². The summed E-state index contributed by atoms with van der Waals surface area (Å²) in [7, 11) is 0. The van der Waals surface area contributed by atoms with E-state index in [1.54, 1.807) is 18.2 Å². The minimum absolute atomic E-state index is 0.171. The molecule has 2 aromatic carbocycles. The van der Waals surface area contributed by atoms with Crippen LogP contribution in [0.25, 0.3) is 0 Å². The first-order valence-corrected chi connectivity index (χ1v) is 7.78. The molecule has 108 valence electrons. The van der Waals surface area contributed by atoms with Gasteiger partial charge in [-0.3, -0.25) is 0 Å². The highest BCUT2D eigenvalue weighted by molar-refractivity contribution is 9.10. The van der Waals surface area contributed by atoms with E-state index in [4.69, 9.17) is 10.5 Å². The Morgan fingerprint density at radius 3 is 2.90 bits per heavy atom. The summed E-state index contributed by atoms with van der Waals surface area (Å²) in [4.78, 5) is 12.4. The van der Waals surface area contributed by atoms with Crippen LogP contribution in [-0.2, 0) is 11.2 Å². The number of halogens is 1. The smallest absolute Gasteiger partial charge is 0.339 e. The van der Waals surface area contributed by atoms with Crippen molar-refractivity contribution in [3.05, 3.63) is 63.6 Å². The van der Waals surface area contributed by atoms with E-state index in [2.05, 4.69) is 22.0 Å². The van der Waals surface area contributed by atoms with Gasteiger partial charge in [-0.15, -0.1) is 0 Å². The van der Waals surface area contributed by atoms with Gasteiger partial charge >= 0.3 is 5.97 Å². The number of carbonyl (C=O) groups excluding carboxylic acids is 1. The molecular formula is C17H16BrNO2. The topological polar surface area (TPSA) is 52.3 Å². The molecule has 4 heteroatoms. The van der Waals surface area contributed by atoms with Crippen LogP contribution in [0.5, 0.6) is 0 Å². The molecule has 0 heterocycles. The third-order valence-electron chi connectivity index (χ3n) is 3.77. The van der Waals surface area contributed by atoms with E-state index in [1.165, 1.54) is 5.56 Å². The Morgan fingerprint density at radius 2 is 2.05 bits per heavy atom. The summed E-state index contributed by atoms with van der Waals surface area (Å²) < 4.78 is 6.41. The number of esters is 1. The largest absolute Gasteiger partial charge is 0.454 e. The third-order valence-corrected chi connectivity index (χ3v) is 4.47. The maximum Gasteiger partial charge on any atom is 0.339 e. The molecule has 1 unspecified atom stereocenters. The molecule has 0 bridgehead atoms. The zero-order valence-electron chi connectivity index (χ0n) is 11.5. The molecular weight excluding hydrogens is 330 g/mol. The SMILES string of the molecule is Nc1ccc(Br)c(C(=O)OC2CCCc3ccccc32)c1. The van der Waals surface area contributed by atoms with E-state index in [0.717, 1.165) is 24.8 Å². The fraction of sp³-hybridized carbons (Fsp3) is 0.235. The second-order valence-corrected chi connectivity index (χ2v) is 6.08. The summed E-state index contributed by atoms with van der Waals surface area (Å²) in [6, 6.07) is 13.3. The number of nitrogen functional groups attached to an aromatic ring is 1. The maximum atomic E-state index is 12.4. The standard InChI is InChI=1S/C17H16BrNO2/c18-15-9-8-12(19)10-14(15)17(20)21-16-7-3-5-11-4-1-2-6-13(11)16/h1-2,4,6,8-10,16H,3,5,7,19H2. The van der Waals surface area contributed by atoms with Crippen molar-refractivity contribution >= 4 is 27.6 Å². The predicted octanol–water partition coefficient (Wildman–Crippen LogP) is 4.27. The summed E-state index contributed by atoms with van der Waals surface area (Å²) in [5, 5.41) is 0. The van der Waals surface area contributed by atoms with Crippen LogP contribution in [-0.4, -0.2) is 5.97 Å². The Morgan fingerprint density at radius 1 is 1.24 bits per heavy atom. The van der Waals surface area contributed by atoms with Gasteiger partial charge in [-0.1, -0.05) is 24.3 Å². The number of benzene rings is 2. The number of aryl methyl sites for hydroxylation is 1. The number of rotatable bonds is 2. The van der Waals surface area contributed by atoms with Crippen molar-refractivity contribution in [1.82, 2.24) is 0 Å². The molecule has 2 aromatic rings. The fourth-order valence-corrected chi connectivity index (χ4v) is 3.13. The van der Waals surface area contributed by atoms with Gasteiger partial charge in [0.25, 0.3) is 0 Å². The number of carbonyl (C=O) groups is 1. The maximum absolute atomic E-state index is 12.4. The zero-order valence-corrected chi connectivity index (χ0v) is 13.1. The average Bonchev–Trinajstić information content (AvgIpc) is 2.50. The second-order valence-electron chi connectivity index (χ2n) is 5.22. The fourth-order valence-electron chi connectivity index (χ4n) is 2.72. The van der Waals surface area contributed by atoms with Crippen LogP contribution >= 0.6 is 15.9 Å². The lowest BCUT2D eigenvalue weighted by Crippen LogP contribution is -2.17. The molecule has 0 aromatic heterocycles. The molecule has 1 atom stereocenters. The summed E-state index contributed by atoms with van der Waals surface area (Å²) >= 11 is 3.37. The van der Waals surface area contributed by atoms with Crippen LogP contribution < -0.4 is 5.73 Å². The Hall–Kier alpha value is -1.81. The van der Waals surface area contributed by atoms with Crippen LogP contribution in [0.2, 0.25) is 0 Å². The Kier molecular flexibility index (Phi) is 3.97. The summed E-state index contributed by atoms with van der Waals surface area (Å²) in [5.41, 5.74) is 9.16. The highest BCUT2D eigenvalue weighted by atomic mass is 79.9. The van der Waals surface area contributed by atoms with Gasteiger partial charge in [0.1, 0.15) is 6.10 Å². The Balaban J connectivity index is 1.84. The molecule has 1 aliphatic carbocycles. The number of fused-ring (bicyclic) bond motifs is 1. The van der Waals surface area contributed by atoms with E-state index in [0.29, 0.717) is 15.7 Å². The molecule has 0 amide bonds. The molecule has 0 spiro atoms. The van der Waals surface area contributed by atoms with Crippen LogP contribution in [0.15, 0.2) is 46.9 Å². The van der Waals surface area contributed by atoms with Crippen molar-refractivity contribution in [2.75, 3.05) is 5.73 Å². The lowest BCUT2D eigenvalue weighted by Gasteiger charge is -2.25. The van der Waals surface area contributed by atoms with E-state index in [1.807, 2.05) is 18.2 Å². The molecule has 0 saturated carbocycles. The monoisotopic (exact) mass is 345 g/mol. The van der Waals surface area contributed by atoms with Crippen LogP contribution in [0.1, 0.15) is 40.4 Å². The van der Waals surface area contributed by atoms with E-state index >= 15 is 0 Å². The van der Waals surface area contributed by atoms with Crippen molar-refractivity contribution in [1.29, 1.82) is 0 Å². The minimum atomic E-state index is -0.337. The summed E-state index contributed by atoms with van der Waals surface area (Å²) in [6.07, 6.45) is 2.78. The predicted molar refractivity (Wildman–Crippen MR) is 86.1 cm³/mol. The number of nitrogens with two attached hydrogens (primary N) is 1. The number of hydrogen-bond donors (Lipinski definition) is 1. The summed E-state index contributed by atoms with van der Waals surface area (Å²) in [5.74, 6) is -0.337. The van der Waals surface area contributed by atoms with Crippen LogP contribution in [0.3, 0.4) is 0 Å². The number of hydrogen-bond acceptors (Lipinski definition) is 3. The lowest BCUT2D eigenvalue weighted by molar-refractivity contribution is 0.0255. The van der Waals surface area contributed by atoms with Crippen molar-refractivity contribution < 1.29 is 9.53 Å². The molecule has 2 N–H and O–H groups in total. The van der Waals surface area contributed by atoms with Crippen LogP contribution in [0, 0.1) is 0 Å². The molecule has 0 aliphatic heterocycles. The van der Waals surface area contributed by atoms with E-state index in [9.17, 15) is 4.79 Å². The lowest BCUT2D eigenvalue weighted by atomic mass is 9.89. The van der Waals surface area contributed by atoms with Gasteiger partial charge in [-0.2, -0.15) is 0 Å².